The third-order valence-electron chi connectivity index (χ3n) is 5.09. The van der Waals surface area contributed by atoms with Crippen LogP contribution in [0.4, 0.5) is 10.2 Å². The number of anilines is 1. The minimum atomic E-state index is -0.554. The lowest BCUT2D eigenvalue weighted by atomic mass is 10.2. The summed E-state index contributed by atoms with van der Waals surface area (Å²) in [6, 6.07) is 6.02. The number of aliphatic hydroxyl groups is 1. The van der Waals surface area contributed by atoms with E-state index in [-0.39, 0.29) is 41.7 Å². The lowest BCUT2D eigenvalue weighted by Crippen LogP contribution is -2.26. The highest BCUT2D eigenvalue weighted by molar-refractivity contribution is 7.16. The number of benzene rings is 1. The molecule has 5 aromatic rings. The van der Waals surface area contributed by atoms with E-state index in [4.69, 9.17) is 10.8 Å². The van der Waals surface area contributed by atoms with Gasteiger partial charge in [-0.25, -0.2) is 24.0 Å². The summed E-state index contributed by atoms with van der Waals surface area (Å²) in [7, 11) is 0. The molecule has 0 saturated heterocycles. The molecule has 0 aliphatic carbocycles. The molecule has 0 spiro atoms. The van der Waals surface area contributed by atoms with Crippen molar-refractivity contribution in [2.75, 3.05) is 12.3 Å². The molecule has 4 heterocycles. The first-order chi connectivity index (χ1) is 16.0. The second kappa shape index (κ2) is 8.09. The number of fused-ring (bicyclic) bond motifs is 2. The lowest BCUT2D eigenvalue weighted by Gasteiger charge is -2.14. The van der Waals surface area contributed by atoms with Gasteiger partial charge in [0.15, 0.2) is 5.65 Å². The second-order valence-electron chi connectivity index (χ2n) is 7.14. The topological polar surface area (TPSA) is 125 Å². The summed E-state index contributed by atoms with van der Waals surface area (Å²) < 4.78 is 17.5. The van der Waals surface area contributed by atoms with Crippen molar-refractivity contribution in [3.05, 3.63) is 69.2 Å². The number of halogens is 1. The van der Waals surface area contributed by atoms with Crippen LogP contribution in [0.3, 0.4) is 0 Å². The number of nitrogens with zero attached hydrogens (tertiary/aromatic N) is 6. The van der Waals surface area contributed by atoms with Gasteiger partial charge < -0.3 is 10.8 Å². The van der Waals surface area contributed by atoms with E-state index in [1.807, 2.05) is 12.3 Å². The Bertz CT molecular complexity index is 1660. The first-order valence-corrected chi connectivity index (χ1v) is 10.7. The number of thiophene rings is 1. The van der Waals surface area contributed by atoms with Gasteiger partial charge in [0.05, 0.1) is 16.5 Å². The lowest BCUT2D eigenvalue weighted by molar-refractivity contribution is 0.350. The van der Waals surface area contributed by atoms with E-state index in [0.29, 0.717) is 21.3 Å². The van der Waals surface area contributed by atoms with Crippen LogP contribution in [-0.2, 0) is 6.54 Å². The van der Waals surface area contributed by atoms with Crippen LogP contribution in [0.5, 0.6) is 0 Å². The maximum atomic E-state index is 14.8. The maximum absolute atomic E-state index is 14.8. The molecule has 164 valence electrons. The van der Waals surface area contributed by atoms with Gasteiger partial charge in [0.2, 0.25) is 0 Å². The Morgan fingerprint density at radius 2 is 2.06 bits per heavy atom. The van der Waals surface area contributed by atoms with Crippen LogP contribution < -0.4 is 11.3 Å². The van der Waals surface area contributed by atoms with Gasteiger partial charge in [-0.2, -0.15) is 5.10 Å². The number of aryl methyl sites for hydroxylation is 1. The van der Waals surface area contributed by atoms with Crippen LogP contribution in [0.25, 0.3) is 26.9 Å². The van der Waals surface area contributed by atoms with Gasteiger partial charge >= 0.3 is 0 Å². The van der Waals surface area contributed by atoms with Crippen molar-refractivity contribution in [2.45, 2.75) is 13.5 Å². The second-order valence-corrected chi connectivity index (χ2v) is 8.00. The van der Waals surface area contributed by atoms with Crippen LogP contribution in [0.15, 0.2) is 40.8 Å². The SMILES string of the molecule is Cc1csc2nc(Cn3nc(C#CCO)c4c(N)ncnc43)n(-c3ccccc3F)c(=O)c12. The van der Waals surface area contributed by atoms with Gasteiger partial charge in [-0.1, -0.05) is 18.1 Å². The zero-order valence-corrected chi connectivity index (χ0v) is 18.1. The molecule has 0 amide bonds. The molecule has 1 aromatic carbocycles. The average molecular weight is 461 g/mol. The van der Waals surface area contributed by atoms with Gasteiger partial charge in [-0.3, -0.25) is 9.36 Å². The van der Waals surface area contributed by atoms with Crippen LogP contribution in [0.1, 0.15) is 17.1 Å². The van der Waals surface area contributed by atoms with E-state index in [9.17, 15) is 9.18 Å². The monoisotopic (exact) mass is 461 g/mol. The van der Waals surface area contributed by atoms with E-state index < -0.39 is 5.82 Å². The number of nitrogen functional groups attached to an aromatic ring is 1. The molecule has 9 nitrogen and oxygen atoms in total. The van der Waals surface area contributed by atoms with Crippen molar-refractivity contribution < 1.29 is 9.50 Å². The third-order valence-corrected chi connectivity index (χ3v) is 6.08. The molecule has 0 fully saturated rings. The number of nitrogens with two attached hydrogens (primary N) is 1. The summed E-state index contributed by atoms with van der Waals surface area (Å²) in [4.78, 5) is 27.0. The fourth-order valence-corrected chi connectivity index (χ4v) is 4.57. The highest BCUT2D eigenvalue weighted by Crippen LogP contribution is 2.25. The Kier molecular flexibility index (Phi) is 5.08. The summed E-state index contributed by atoms with van der Waals surface area (Å²) >= 11 is 1.34. The molecule has 4 aromatic heterocycles. The largest absolute Gasteiger partial charge is 0.384 e. The smallest absolute Gasteiger partial charge is 0.267 e. The number of aromatic nitrogens is 6. The predicted octanol–water partition coefficient (Wildman–Crippen LogP) is 2.01. The van der Waals surface area contributed by atoms with Crippen molar-refractivity contribution in [1.29, 1.82) is 0 Å². The van der Waals surface area contributed by atoms with E-state index in [1.165, 1.54) is 39.0 Å². The van der Waals surface area contributed by atoms with Gasteiger partial charge in [-0.05, 0) is 35.9 Å². The van der Waals surface area contributed by atoms with Crippen molar-refractivity contribution in [3.8, 4) is 17.5 Å². The molecular formula is C22H16FN7O2S. The highest BCUT2D eigenvalue weighted by atomic mass is 32.1. The highest BCUT2D eigenvalue weighted by Gasteiger charge is 2.21. The summed E-state index contributed by atoms with van der Waals surface area (Å²) in [5, 5.41) is 16.2. The normalized spacial score (nSPS) is 11.1. The minimum absolute atomic E-state index is 0.00970. The molecule has 0 aliphatic rings. The number of aliphatic hydroxyl groups excluding tert-OH is 1. The van der Waals surface area contributed by atoms with Crippen LogP contribution in [-0.4, -0.2) is 41.0 Å². The Morgan fingerprint density at radius 1 is 1.24 bits per heavy atom. The quantitative estimate of drug-likeness (QED) is 0.394. The number of para-hydroxylation sites is 1. The molecule has 11 heteroatoms. The van der Waals surface area contributed by atoms with Gasteiger partial charge in [0, 0.05) is 0 Å². The molecule has 33 heavy (non-hydrogen) atoms. The third kappa shape index (κ3) is 3.42. The first kappa shape index (κ1) is 20.7. The van der Waals surface area contributed by atoms with E-state index in [0.717, 1.165) is 5.56 Å². The molecule has 5 rings (SSSR count). The summed E-state index contributed by atoms with van der Waals surface area (Å²) in [6.45, 7) is 1.45. The van der Waals surface area contributed by atoms with E-state index in [2.05, 4.69) is 31.9 Å². The van der Waals surface area contributed by atoms with Gasteiger partial charge in [-0.15, -0.1) is 11.3 Å². The van der Waals surface area contributed by atoms with Crippen LogP contribution in [0.2, 0.25) is 0 Å². The first-order valence-electron chi connectivity index (χ1n) is 9.81. The van der Waals surface area contributed by atoms with E-state index in [1.54, 1.807) is 12.1 Å². The molecule has 0 saturated carbocycles. The maximum Gasteiger partial charge on any atom is 0.267 e. The van der Waals surface area contributed by atoms with Gasteiger partial charge in [0.1, 0.15) is 47.5 Å². The van der Waals surface area contributed by atoms with Gasteiger partial charge in [0.25, 0.3) is 5.56 Å². The molecule has 0 radical (unpaired) electrons. The Hall–Kier alpha value is -4.14. The molecule has 0 aliphatic heterocycles. The van der Waals surface area contributed by atoms with Crippen molar-refractivity contribution in [3.63, 3.8) is 0 Å². The Labute approximate surface area is 190 Å². The number of hydrogen-bond donors (Lipinski definition) is 2. The zero-order valence-electron chi connectivity index (χ0n) is 17.3. The van der Waals surface area contributed by atoms with Crippen LogP contribution >= 0.6 is 11.3 Å². The van der Waals surface area contributed by atoms with Crippen molar-refractivity contribution >= 4 is 38.4 Å². The fourth-order valence-electron chi connectivity index (χ4n) is 3.64. The molecule has 0 unspecified atom stereocenters. The number of rotatable bonds is 3. The standard InChI is InChI=1S/C22H16FN7O2S/c1-12-10-33-21-17(12)22(32)30(15-7-3-2-5-13(15)23)16(27-21)9-29-20-18(19(24)25-11-26-20)14(28-29)6-4-8-31/h2-3,5,7,10-11,31H,8-9H2,1H3,(H2,24,25,26). The Morgan fingerprint density at radius 3 is 2.85 bits per heavy atom. The number of hydrogen-bond acceptors (Lipinski definition) is 8. The van der Waals surface area contributed by atoms with Crippen LogP contribution in [0, 0.1) is 24.6 Å². The molecule has 0 atom stereocenters. The average Bonchev–Trinajstić information content (AvgIpc) is 3.35. The minimum Gasteiger partial charge on any atom is -0.384 e. The van der Waals surface area contributed by atoms with Crippen molar-refractivity contribution in [2.24, 2.45) is 0 Å². The Balaban J connectivity index is 1.78. The zero-order chi connectivity index (χ0) is 23.1. The van der Waals surface area contributed by atoms with Crippen molar-refractivity contribution in [1.82, 2.24) is 29.3 Å². The predicted molar refractivity (Wildman–Crippen MR) is 123 cm³/mol. The van der Waals surface area contributed by atoms with E-state index >= 15 is 0 Å². The summed E-state index contributed by atoms with van der Waals surface area (Å²) in [5.41, 5.74) is 7.17. The fraction of sp³-hybridized carbons (Fsp3) is 0.136. The summed E-state index contributed by atoms with van der Waals surface area (Å²) in [6.07, 6.45) is 1.29. The molecule has 3 N–H and O–H groups in total. The summed E-state index contributed by atoms with van der Waals surface area (Å²) in [5.74, 6) is 5.18. The molecular weight excluding hydrogens is 445 g/mol. The molecule has 0 bridgehead atoms.